The minimum absolute atomic E-state index is 0.483. The van der Waals surface area contributed by atoms with E-state index in [-0.39, 0.29) is 0 Å². The summed E-state index contributed by atoms with van der Waals surface area (Å²) >= 11 is 0. The number of ether oxygens (including phenoxy) is 2. The molecule has 0 radical (unpaired) electrons. The van der Waals surface area contributed by atoms with Crippen molar-refractivity contribution in [2.75, 3.05) is 19.8 Å². The first-order valence-corrected chi connectivity index (χ1v) is 8.52. The lowest BCUT2D eigenvalue weighted by Gasteiger charge is -2.39. The van der Waals surface area contributed by atoms with E-state index < -0.39 is 0 Å². The molecule has 2 heteroatoms. The molecule has 0 N–H and O–H groups in total. The third kappa shape index (κ3) is 1.90. The fourth-order valence-corrected chi connectivity index (χ4v) is 5.84. The van der Waals surface area contributed by atoms with Gasteiger partial charge >= 0.3 is 0 Å². The predicted molar refractivity (Wildman–Crippen MR) is 74.9 cm³/mol. The Morgan fingerprint density at radius 1 is 1.26 bits per heavy atom. The molecule has 0 aromatic heterocycles. The van der Waals surface area contributed by atoms with E-state index in [4.69, 9.17) is 9.47 Å². The van der Waals surface area contributed by atoms with Gasteiger partial charge in [0.05, 0.1) is 25.9 Å². The number of fused-ring (bicyclic) bond motifs is 5. The van der Waals surface area contributed by atoms with E-state index in [9.17, 15) is 0 Å². The van der Waals surface area contributed by atoms with E-state index in [1.807, 2.05) is 0 Å². The molecule has 0 spiro atoms. The highest BCUT2D eigenvalue weighted by Gasteiger charge is 2.58. The van der Waals surface area contributed by atoms with Crippen LogP contribution in [0.3, 0.4) is 0 Å². The molecule has 0 amide bonds. The van der Waals surface area contributed by atoms with Crippen LogP contribution in [0.25, 0.3) is 0 Å². The van der Waals surface area contributed by atoms with Crippen molar-refractivity contribution in [1.29, 1.82) is 0 Å². The molecule has 4 aliphatic rings. The molecule has 3 aliphatic carbocycles. The molecule has 2 bridgehead atoms. The Kier molecular flexibility index (Phi) is 3.15. The van der Waals surface area contributed by atoms with Crippen LogP contribution in [-0.2, 0) is 9.47 Å². The Morgan fingerprint density at radius 3 is 3.00 bits per heavy atom. The maximum absolute atomic E-state index is 6.20. The van der Waals surface area contributed by atoms with Crippen molar-refractivity contribution >= 4 is 0 Å². The van der Waals surface area contributed by atoms with Gasteiger partial charge in [-0.25, -0.2) is 0 Å². The third-order valence-electron chi connectivity index (χ3n) is 6.82. The predicted octanol–water partition coefficient (Wildman–Crippen LogP) is 3.64. The van der Waals surface area contributed by atoms with Crippen LogP contribution in [0.5, 0.6) is 0 Å². The van der Waals surface area contributed by atoms with E-state index in [0.29, 0.717) is 17.4 Å². The van der Waals surface area contributed by atoms with Gasteiger partial charge in [-0.3, -0.25) is 0 Å². The molecule has 0 aromatic carbocycles. The number of hydrogen-bond donors (Lipinski definition) is 0. The summed E-state index contributed by atoms with van der Waals surface area (Å²) in [7, 11) is 0. The summed E-state index contributed by atoms with van der Waals surface area (Å²) in [5.74, 6) is 3.84. The number of rotatable bonds is 5. The molecule has 3 saturated carbocycles. The molecule has 108 valence electrons. The molecule has 4 rings (SSSR count). The summed E-state index contributed by atoms with van der Waals surface area (Å²) in [6.07, 6.45) is 10.6. The Labute approximate surface area is 117 Å². The summed E-state index contributed by atoms with van der Waals surface area (Å²) in [5.41, 5.74) is 0.595. The largest absolute Gasteiger partial charge is 0.380 e. The summed E-state index contributed by atoms with van der Waals surface area (Å²) in [5, 5.41) is 0. The van der Waals surface area contributed by atoms with Crippen molar-refractivity contribution in [1.82, 2.24) is 0 Å². The van der Waals surface area contributed by atoms with Gasteiger partial charge in [-0.05, 0) is 61.7 Å². The highest BCUT2D eigenvalue weighted by molar-refractivity contribution is 5.07. The van der Waals surface area contributed by atoms with Crippen LogP contribution in [0.4, 0.5) is 0 Å². The second-order valence-electron chi connectivity index (χ2n) is 7.62. The summed E-state index contributed by atoms with van der Waals surface area (Å²) < 4.78 is 11.8. The average molecular weight is 264 g/mol. The van der Waals surface area contributed by atoms with E-state index in [1.54, 1.807) is 0 Å². The van der Waals surface area contributed by atoms with Crippen molar-refractivity contribution in [3.8, 4) is 0 Å². The van der Waals surface area contributed by atoms with Crippen molar-refractivity contribution in [2.24, 2.45) is 29.1 Å². The van der Waals surface area contributed by atoms with Gasteiger partial charge in [-0.2, -0.15) is 0 Å². The lowest BCUT2D eigenvalue weighted by Crippen LogP contribution is -2.43. The lowest BCUT2D eigenvalue weighted by atomic mass is 9.72. The first-order valence-electron chi connectivity index (χ1n) is 8.52. The second-order valence-corrected chi connectivity index (χ2v) is 7.62. The monoisotopic (exact) mass is 264 g/mol. The Balaban J connectivity index is 1.32. The lowest BCUT2D eigenvalue weighted by molar-refractivity contribution is -0.147. The molecule has 2 nitrogen and oxygen atoms in total. The van der Waals surface area contributed by atoms with E-state index >= 15 is 0 Å². The highest BCUT2D eigenvalue weighted by atomic mass is 16.5. The zero-order valence-electron chi connectivity index (χ0n) is 12.3. The molecular formula is C17H28O2. The van der Waals surface area contributed by atoms with E-state index in [1.165, 1.54) is 38.5 Å². The standard InChI is InChI=1S/C17H28O2/c1-2-16-13(10-19-16)9-18-11-17-7-6-12(8-17)14-4-3-5-15(14)17/h12-16H,2-11H2,1H3. The fourth-order valence-electron chi connectivity index (χ4n) is 5.84. The second kappa shape index (κ2) is 4.73. The minimum atomic E-state index is 0.483. The van der Waals surface area contributed by atoms with Gasteiger partial charge in [-0.1, -0.05) is 13.3 Å². The van der Waals surface area contributed by atoms with Gasteiger partial charge in [0, 0.05) is 5.92 Å². The molecular weight excluding hydrogens is 236 g/mol. The topological polar surface area (TPSA) is 18.5 Å². The van der Waals surface area contributed by atoms with Gasteiger partial charge < -0.3 is 9.47 Å². The third-order valence-corrected chi connectivity index (χ3v) is 6.82. The first-order chi connectivity index (χ1) is 9.32. The smallest absolute Gasteiger partial charge is 0.0645 e. The fraction of sp³-hybridized carbons (Fsp3) is 1.00. The Bertz CT molecular complexity index is 340. The number of hydrogen-bond acceptors (Lipinski definition) is 2. The SMILES string of the molecule is CCC1OCC1COCC12CCC(C1)C1CCCC12. The minimum Gasteiger partial charge on any atom is -0.380 e. The molecule has 6 atom stereocenters. The van der Waals surface area contributed by atoms with Crippen molar-refractivity contribution < 1.29 is 9.47 Å². The highest BCUT2D eigenvalue weighted by Crippen LogP contribution is 2.65. The maximum Gasteiger partial charge on any atom is 0.0645 e. The first kappa shape index (κ1) is 12.6. The molecule has 6 unspecified atom stereocenters. The van der Waals surface area contributed by atoms with Crippen molar-refractivity contribution in [3.63, 3.8) is 0 Å². The molecule has 1 aliphatic heterocycles. The van der Waals surface area contributed by atoms with Crippen LogP contribution < -0.4 is 0 Å². The maximum atomic E-state index is 6.20. The quantitative estimate of drug-likeness (QED) is 0.754. The zero-order chi connectivity index (χ0) is 12.9. The Hall–Kier alpha value is -0.0800. The molecule has 1 saturated heterocycles. The summed E-state index contributed by atoms with van der Waals surface area (Å²) in [4.78, 5) is 0. The van der Waals surface area contributed by atoms with Crippen LogP contribution in [0.15, 0.2) is 0 Å². The molecule has 4 fully saturated rings. The van der Waals surface area contributed by atoms with Gasteiger partial charge in [0.15, 0.2) is 0 Å². The van der Waals surface area contributed by atoms with Crippen LogP contribution in [0.2, 0.25) is 0 Å². The molecule has 0 aromatic rings. The van der Waals surface area contributed by atoms with Crippen molar-refractivity contribution in [3.05, 3.63) is 0 Å². The Morgan fingerprint density at radius 2 is 2.21 bits per heavy atom. The van der Waals surface area contributed by atoms with Gasteiger partial charge in [0.1, 0.15) is 0 Å². The average Bonchev–Trinajstić information content (AvgIpc) is 3.05. The van der Waals surface area contributed by atoms with Crippen molar-refractivity contribution in [2.45, 2.75) is 58.0 Å². The molecule has 1 heterocycles. The van der Waals surface area contributed by atoms with Crippen LogP contribution in [0, 0.1) is 29.1 Å². The van der Waals surface area contributed by atoms with Crippen LogP contribution in [0.1, 0.15) is 51.9 Å². The van der Waals surface area contributed by atoms with E-state index in [0.717, 1.165) is 44.0 Å². The molecule has 19 heavy (non-hydrogen) atoms. The van der Waals surface area contributed by atoms with E-state index in [2.05, 4.69) is 6.92 Å². The van der Waals surface area contributed by atoms with Crippen LogP contribution >= 0.6 is 0 Å². The van der Waals surface area contributed by atoms with Gasteiger partial charge in [0.25, 0.3) is 0 Å². The van der Waals surface area contributed by atoms with Gasteiger partial charge in [0.2, 0.25) is 0 Å². The summed E-state index contributed by atoms with van der Waals surface area (Å²) in [6, 6.07) is 0. The zero-order valence-corrected chi connectivity index (χ0v) is 12.3. The normalized spacial score (nSPS) is 51.3. The van der Waals surface area contributed by atoms with Crippen LogP contribution in [-0.4, -0.2) is 25.9 Å². The van der Waals surface area contributed by atoms with Gasteiger partial charge in [-0.15, -0.1) is 0 Å². The summed E-state index contributed by atoms with van der Waals surface area (Å²) in [6.45, 7) is 5.15.